The maximum Gasteiger partial charge on any atom is 0.335 e. The minimum absolute atomic E-state index is 0.0909. The van der Waals surface area contributed by atoms with Gasteiger partial charge in [-0.1, -0.05) is 24.3 Å². The van der Waals surface area contributed by atoms with Crippen molar-refractivity contribution in [2.45, 2.75) is 6.92 Å². The summed E-state index contributed by atoms with van der Waals surface area (Å²) in [6.07, 6.45) is 0. The van der Waals surface area contributed by atoms with Crippen LogP contribution in [0, 0.1) is 6.92 Å². The van der Waals surface area contributed by atoms with Gasteiger partial charge in [-0.2, -0.15) is 0 Å². The maximum absolute atomic E-state index is 12.2. The minimum Gasteiger partial charge on any atom is -0.478 e. The molecular formula is C15H10O3. The van der Waals surface area contributed by atoms with Gasteiger partial charge in [-0.3, -0.25) is 4.79 Å². The van der Waals surface area contributed by atoms with E-state index in [-0.39, 0.29) is 11.3 Å². The highest BCUT2D eigenvalue weighted by atomic mass is 16.4. The van der Waals surface area contributed by atoms with Crippen molar-refractivity contribution in [2.24, 2.45) is 0 Å². The van der Waals surface area contributed by atoms with Gasteiger partial charge in [0.25, 0.3) is 0 Å². The molecule has 1 N–H and O–H groups in total. The Hall–Kier alpha value is -2.42. The Morgan fingerprint density at radius 1 is 1.06 bits per heavy atom. The number of carboxylic acids is 1. The molecule has 2 aromatic carbocycles. The zero-order valence-corrected chi connectivity index (χ0v) is 9.73. The molecule has 0 amide bonds. The number of carbonyl (C=O) groups is 2. The van der Waals surface area contributed by atoms with Gasteiger partial charge in [0.1, 0.15) is 0 Å². The third kappa shape index (κ3) is 1.31. The SMILES string of the molecule is Cc1cccc2c1-c1ccc(C(=O)O)cc1C2=O. The highest BCUT2D eigenvalue weighted by Crippen LogP contribution is 2.38. The van der Waals surface area contributed by atoms with E-state index in [4.69, 9.17) is 5.11 Å². The molecule has 0 fully saturated rings. The molecule has 0 heterocycles. The Kier molecular flexibility index (Phi) is 2.10. The van der Waals surface area contributed by atoms with Crippen molar-refractivity contribution >= 4 is 11.8 Å². The summed E-state index contributed by atoms with van der Waals surface area (Å²) in [5, 5.41) is 8.96. The summed E-state index contributed by atoms with van der Waals surface area (Å²) in [5.74, 6) is -1.11. The van der Waals surface area contributed by atoms with Crippen LogP contribution in [0.1, 0.15) is 31.8 Å². The summed E-state index contributed by atoms with van der Waals surface area (Å²) in [6.45, 7) is 1.95. The summed E-state index contributed by atoms with van der Waals surface area (Å²) in [4.78, 5) is 23.2. The van der Waals surface area contributed by atoms with E-state index in [2.05, 4.69) is 0 Å². The third-order valence-corrected chi connectivity index (χ3v) is 3.30. The van der Waals surface area contributed by atoms with Gasteiger partial charge in [-0.25, -0.2) is 4.79 Å². The Morgan fingerprint density at radius 2 is 1.83 bits per heavy atom. The number of aryl methyl sites for hydroxylation is 1. The number of rotatable bonds is 1. The minimum atomic E-state index is -1.02. The van der Waals surface area contributed by atoms with E-state index in [0.717, 1.165) is 16.7 Å². The number of benzene rings is 2. The average Bonchev–Trinajstić information content (AvgIpc) is 2.64. The molecule has 3 rings (SSSR count). The first-order chi connectivity index (χ1) is 8.59. The smallest absolute Gasteiger partial charge is 0.335 e. The van der Waals surface area contributed by atoms with Crippen molar-refractivity contribution in [3.8, 4) is 11.1 Å². The van der Waals surface area contributed by atoms with E-state index in [0.29, 0.717) is 11.1 Å². The fraction of sp³-hybridized carbons (Fsp3) is 0.0667. The van der Waals surface area contributed by atoms with Crippen molar-refractivity contribution in [3.63, 3.8) is 0 Å². The Morgan fingerprint density at radius 3 is 2.56 bits per heavy atom. The van der Waals surface area contributed by atoms with E-state index in [1.54, 1.807) is 12.1 Å². The number of aromatic carboxylic acids is 1. The van der Waals surface area contributed by atoms with Gasteiger partial charge < -0.3 is 5.11 Å². The van der Waals surface area contributed by atoms with E-state index in [1.165, 1.54) is 12.1 Å². The van der Waals surface area contributed by atoms with Gasteiger partial charge in [-0.05, 0) is 35.7 Å². The second-order valence-corrected chi connectivity index (χ2v) is 4.39. The quantitative estimate of drug-likeness (QED) is 0.709. The number of carboxylic acid groups (broad SMARTS) is 1. The van der Waals surface area contributed by atoms with Crippen molar-refractivity contribution in [3.05, 3.63) is 58.7 Å². The van der Waals surface area contributed by atoms with E-state index < -0.39 is 5.97 Å². The zero-order chi connectivity index (χ0) is 12.9. The second kappa shape index (κ2) is 3.53. The molecule has 0 unspecified atom stereocenters. The first-order valence-corrected chi connectivity index (χ1v) is 5.61. The highest BCUT2D eigenvalue weighted by Gasteiger charge is 2.28. The zero-order valence-electron chi connectivity index (χ0n) is 9.73. The van der Waals surface area contributed by atoms with Crippen molar-refractivity contribution in [2.75, 3.05) is 0 Å². The normalized spacial score (nSPS) is 12.2. The summed E-state index contributed by atoms with van der Waals surface area (Å²) in [6, 6.07) is 10.3. The molecule has 18 heavy (non-hydrogen) atoms. The lowest BCUT2D eigenvalue weighted by Crippen LogP contribution is -2.00. The van der Waals surface area contributed by atoms with Crippen LogP contribution in [0.15, 0.2) is 36.4 Å². The predicted molar refractivity (Wildman–Crippen MR) is 67.0 cm³/mol. The Labute approximate surface area is 104 Å². The molecule has 0 spiro atoms. The average molecular weight is 238 g/mol. The monoisotopic (exact) mass is 238 g/mol. The molecule has 0 radical (unpaired) electrons. The molecule has 0 saturated carbocycles. The maximum atomic E-state index is 12.2. The fourth-order valence-electron chi connectivity index (χ4n) is 2.44. The Bertz CT molecular complexity index is 699. The first-order valence-electron chi connectivity index (χ1n) is 5.61. The van der Waals surface area contributed by atoms with E-state index >= 15 is 0 Å². The molecule has 3 heteroatoms. The van der Waals surface area contributed by atoms with E-state index in [1.807, 2.05) is 19.1 Å². The number of hydrogen-bond donors (Lipinski definition) is 1. The van der Waals surface area contributed by atoms with Gasteiger partial charge in [0.15, 0.2) is 5.78 Å². The summed E-state index contributed by atoms with van der Waals surface area (Å²) in [5.41, 5.74) is 4.08. The molecular weight excluding hydrogens is 228 g/mol. The topological polar surface area (TPSA) is 54.4 Å². The third-order valence-electron chi connectivity index (χ3n) is 3.30. The van der Waals surface area contributed by atoms with Gasteiger partial charge in [-0.15, -0.1) is 0 Å². The Balaban J connectivity index is 2.31. The van der Waals surface area contributed by atoms with Crippen LogP contribution in [0.25, 0.3) is 11.1 Å². The molecule has 2 aromatic rings. The lowest BCUT2D eigenvalue weighted by atomic mass is 10.00. The molecule has 0 saturated heterocycles. The number of carbonyl (C=O) groups excluding carboxylic acids is 1. The van der Waals surface area contributed by atoms with Crippen LogP contribution >= 0.6 is 0 Å². The number of hydrogen-bond acceptors (Lipinski definition) is 2. The van der Waals surface area contributed by atoms with Crippen LogP contribution in [0.5, 0.6) is 0 Å². The van der Waals surface area contributed by atoms with Crippen LogP contribution in [0.3, 0.4) is 0 Å². The van der Waals surface area contributed by atoms with Crippen LogP contribution in [-0.4, -0.2) is 16.9 Å². The number of ketones is 1. The summed E-state index contributed by atoms with van der Waals surface area (Å²) < 4.78 is 0. The summed E-state index contributed by atoms with van der Waals surface area (Å²) >= 11 is 0. The van der Waals surface area contributed by atoms with E-state index in [9.17, 15) is 9.59 Å². The lowest BCUT2D eigenvalue weighted by Gasteiger charge is -2.04. The predicted octanol–water partition coefficient (Wildman–Crippen LogP) is 2.90. The molecule has 0 aromatic heterocycles. The molecule has 3 nitrogen and oxygen atoms in total. The van der Waals surface area contributed by atoms with Crippen LogP contribution in [0.2, 0.25) is 0 Å². The first kappa shape index (κ1) is 10.7. The highest BCUT2D eigenvalue weighted by molar-refractivity contribution is 6.22. The van der Waals surface area contributed by atoms with Gasteiger partial charge >= 0.3 is 5.97 Å². The number of fused-ring (bicyclic) bond motifs is 3. The fourth-order valence-corrected chi connectivity index (χ4v) is 2.44. The standard InChI is InChI=1S/C15H10O3/c1-8-3-2-4-11-13(8)10-6-5-9(15(17)18)7-12(10)14(11)16/h2-7H,1H3,(H,17,18). The molecule has 0 aliphatic heterocycles. The van der Waals surface area contributed by atoms with Gasteiger partial charge in [0, 0.05) is 11.1 Å². The van der Waals surface area contributed by atoms with Crippen LogP contribution in [0.4, 0.5) is 0 Å². The molecule has 88 valence electrons. The summed E-state index contributed by atoms with van der Waals surface area (Å²) in [7, 11) is 0. The van der Waals surface area contributed by atoms with Crippen LogP contribution in [-0.2, 0) is 0 Å². The molecule has 1 aliphatic carbocycles. The van der Waals surface area contributed by atoms with Crippen molar-refractivity contribution < 1.29 is 14.7 Å². The molecule has 0 bridgehead atoms. The van der Waals surface area contributed by atoms with Crippen molar-refractivity contribution in [1.29, 1.82) is 0 Å². The van der Waals surface area contributed by atoms with Gasteiger partial charge in [0.2, 0.25) is 0 Å². The van der Waals surface area contributed by atoms with Crippen molar-refractivity contribution in [1.82, 2.24) is 0 Å². The second-order valence-electron chi connectivity index (χ2n) is 4.39. The largest absolute Gasteiger partial charge is 0.478 e. The van der Waals surface area contributed by atoms with Crippen LogP contribution < -0.4 is 0 Å². The molecule has 0 atom stereocenters. The molecule has 1 aliphatic rings. The van der Waals surface area contributed by atoms with Gasteiger partial charge in [0.05, 0.1) is 5.56 Å². The lowest BCUT2D eigenvalue weighted by molar-refractivity contribution is 0.0697.